The summed E-state index contributed by atoms with van der Waals surface area (Å²) in [6, 6.07) is 9.09. The lowest BCUT2D eigenvalue weighted by molar-refractivity contribution is 0.103. The summed E-state index contributed by atoms with van der Waals surface area (Å²) in [7, 11) is 1.88. The zero-order valence-electron chi connectivity index (χ0n) is 13.6. The Hall–Kier alpha value is -2.05. The van der Waals surface area contributed by atoms with E-state index >= 15 is 0 Å². The molecule has 0 fully saturated rings. The molecule has 0 unspecified atom stereocenters. The van der Waals surface area contributed by atoms with E-state index in [0.717, 1.165) is 27.2 Å². The van der Waals surface area contributed by atoms with Gasteiger partial charge in [-0.2, -0.15) is 0 Å². The van der Waals surface area contributed by atoms with Crippen LogP contribution in [0.1, 0.15) is 26.3 Å². The summed E-state index contributed by atoms with van der Waals surface area (Å²) in [5.74, 6) is -0.0643. The number of aromatic nitrogens is 2. The van der Waals surface area contributed by atoms with Crippen molar-refractivity contribution < 1.29 is 9.59 Å². The first-order valence-corrected chi connectivity index (χ1v) is 9.71. The van der Waals surface area contributed by atoms with Gasteiger partial charge in [0.2, 0.25) is 0 Å². The van der Waals surface area contributed by atoms with E-state index in [0.29, 0.717) is 16.7 Å². The smallest absolute Gasteiger partial charge is 0.193 e. The molecule has 122 valence electrons. The second-order valence-electron chi connectivity index (χ2n) is 5.31. The molecular formula is C18H16N2O2S2. The van der Waals surface area contributed by atoms with Gasteiger partial charge in [-0.1, -0.05) is 0 Å². The fourth-order valence-corrected chi connectivity index (χ4v) is 3.57. The van der Waals surface area contributed by atoms with E-state index in [9.17, 15) is 9.59 Å². The maximum Gasteiger partial charge on any atom is 0.193 e. The van der Waals surface area contributed by atoms with Crippen molar-refractivity contribution in [3.05, 3.63) is 53.2 Å². The van der Waals surface area contributed by atoms with Crippen LogP contribution in [0.5, 0.6) is 0 Å². The van der Waals surface area contributed by atoms with Gasteiger partial charge in [-0.3, -0.25) is 9.59 Å². The number of ketones is 1. The second kappa shape index (κ2) is 6.83. The molecule has 2 aromatic heterocycles. The van der Waals surface area contributed by atoms with Crippen LogP contribution in [0.3, 0.4) is 0 Å². The fraction of sp³-hybridized carbons (Fsp3) is 0.167. The first-order chi connectivity index (χ1) is 11.6. The van der Waals surface area contributed by atoms with Crippen molar-refractivity contribution in [2.45, 2.75) is 10.1 Å². The second-order valence-corrected chi connectivity index (χ2v) is 6.97. The highest BCUT2D eigenvalue weighted by Gasteiger charge is 2.15. The van der Waals surface area contributed by atoms with Crippen molar-refractivity contribution in [3.63, 3.8) is 0 Å². The van der Waals surface area contributed by atoms with E-state index in [1.807, 2.05) is 42.3 Å². The van der Waals surface area contributed by atoms with E-state index in [1.54, 1.807) is 18.3 Å². The summed E-state index contributed by atoms with van der Waals surface area (Å²) in [5.41, 5.74) is 2.70. The van der Waals surface area contributed by atoms with Crippen molar-refractivity contribution in [2.75, 3.05) is 12.5 Å². The minimum Gasteiger partial charge on any atom is -0.350 e. The highest BCUT2D eigenvalue weighted by molar-refractivity contribution is 7.99. The van der Waals surface area contributed by atoms with Crippen molar-refractivity contribution >= 4 is 46.5 Å². The molecule has 3 rings (SSSR count). The maximum absolute atomic E-state index is 12.9. The molecule has 0 aliphatic rings. The van der Waals surface area contributed by atoms with Crippen molar-refractivity contribution in [2.24, 2.45) is 7.05 Å². The summed E-state index contributed by atoms with van der Waals surface area (Å²) in [5, 5.41) is 2.43. The van der Waals surface area contributed by atoms with E-state index in [-0.39, 0.29) is 5.78 Å². The third kappa shape index (κ3) is 2.99. The Morgan fingerprint density at radius 1 is 1.08 bits per heavy atom. The normalized spacial score (nSPS) is 11.0. The Morgan fingerprint density at radius 2 is 1.75 bits per heavy atom. The molecule has 0 radical (unpaired) electrons. The largest absolute Gasteiger partial charge is 0.350 e. The van der Waals surface area contributed by atoms with Gasteiger partial charge in [-0.25, -0.2) is 4.98 Å². The van der Waals surface area contributed by atoms with Gasteiger partial charge >= 0.3 is 0 Å². The Balaban J connectivity index is 2.10. The number of carbonyl (C=O) groups excluding carboxylic acids is 2. The van der Waals surface area contributed by atoms with Gasteiger partial charge in [0.1, 0.15) is 0 Å². The number of hydrogen-bond acceptors (Lipinski definition) is 5. The van der Waals surface area contributed by atoms with Crippen LogP contribution in [0.25, 0.3) is 10.9 Å². The molecule has 0 aliphatic heterocycles. The lowest BCUT2D eigenvalue weighted by Gasteiger charge is -2.06. The number of thioether (sulfide) groups is 2. The Bertz CT molecular complexity index is 925. The number of benzene rings is 1. The lowest BCUT2D eigenvalue weighted by Crippen LogP contribution is -2.03. The van der Waals surface area contributed by atoms with E-state index in [2.05, 4.69) is 4.98 Å². The average Bonchev–Trinajstić information content (AvgIpc) is 2.95. The fourth-order valence-electron chi connectivity index (χ4n) is 2.65. The van der Waals surface area contributed by atoms with Gasteiger partial charge in [-0.15, -0.1) is 23.5 Å². The number of carbonyl (C=O) groups is 2. The molecule has 0 bridgehead atoms. The van der Waals surface area contributed by atoms with Crippen molar-refractivity contribution in [3.8, 4) is 0 Å². The van der Waals surface area contributed by atoms with E-state index in [4.69, 9.17) is 0 Å². The standard InChI is InChI=1S/C18H16N2O2S2/c1-20-9-13(10-21)14-6-11(4-5-15(14)20)18(22)12-7-16(23-2)19-17(8-12)24-3/h4-10H,1-3H3. The molecule has 4 nitrogen and oxygen atoms in total. The lowest BCUT2D eigenvalue weighted by atomic mass is 10.0. The quantitative estimate of drug-likeness (QED) is 0.392. The predicted molar refractivity (Wildman–Crippen MR) is 99.5 cm³/mol. The topological polar surface area (TPSA) is 52.0 Å². The molecule has 0 amide bonds. The Kier molecular flexibility index (Phi) is 4.78. The van der Waals surface area contributed by atoms with Gasteiger partial charge in [-0.05, 0) is 42.8 Å². The van der Waals surface area contributed by atoms with Crippen molar-refractivity contribution in [1.29, 1.82) is 0 Å². The van der Waals surface area contributed by atoms with Crippen LogP contribution in [-0.2, 0) is 7.05 Å². The average molecular weight is 356 g/mol. The number of aryl methyl sites for hydroxylation is 1. The summed E-state index contributed by atoms with van der Waals surface area (Å²) >= 11 is 3.02. The SMILES string of the molecule is CSc1cc(C(=O)c2ccc3c(c2)c(C=O)cn3C)cc(SC)n1. The van der Waals surface area contributed by atoms with Gasteiger partial charge in [0.05, 0.1) is 10.1 Å². The molecule has 0 N–H and O–H groups in total. The van der Waals surface area contributed by atoms with Crippen LogP contribution in [0, 0.1) is 0 Å². The number of pyridine rings is 1. The number of rotatable bonds is 5. The number of nitrogens with zero attached hydrogens (tertiary/aromatic N) is 2. The molecule has 0 saturated carbocycles. The summed E-state index contributed by atoms with van der Waals surface area (Å²) in [4.78, 5) is 28.6. The zero-order valence-corrected chi connectivity index (χ0v) is 15.2. The number of hydrogen-bond donors (Lipinski definition) is 0. The minimum absolute atomic E-state index is 0.0643. The highest BCUT2D eigenvalue weighted by atomic mass is 32.2. The van der Waals surface area contributed by atoms with Gasteiger partial charge < -0.3 is 4.57 Å². The van der Waals surface area contributed by atoms with Gasteiger partial charge in [0.15, 0.2) is 12.1 Å². The monoisotopic (exact) mass is 356 g/mol. The maximum atomic E-state index is 12.9. The van der Waals surface area contributed by atoms with Crippen LogP contribution in [-0.4, -0.2) is 34.1 Å². The van der Waals surface area contributed by atoms with Crippen LogP contribution in [0.15, 0.2) is 46.6 Å². The van der Waals surface area contributed by atoms with E-state index < -0.39 is 0 Å². The molecule has 0 aliphatic carbocycles. The molecule has 6 heteroatoms. The first-order valence-electron chi connectivity index (χ1n) is 7.26. The third-order valence-corrected chi connectivity index (χ3v) is 5.12. The number of fused-ring (bicyclic) bond motifs is 1. The zero-order chi connectivity index (χ0) is 17.3. The highest BCUT2D eigenvalue weighted by Crippen LogP contribution is 2.25. The van der Waals surface area contributed by atoms with Gasteiger partial charge in [0, 0.05) is 40.8 Å². The molecular weight excluding hydrogens is 340 g/mol. The summed E-state index contributed by atoms with van der Waals surface area (Å²) in [6.07, 6.45) is 6.47. The summed E-state index contributed by atoms with van der Waals surface area (Å²) in [6.45, 7) is 0. The van der Waals surface area contributed by atoms with Crippen LogP contribution < -0.4 is 0 Å². The molecule has 0 atom stereocenters. The molecule has 24 heavy (non-hydrogen) atoms. The van der Waals surface area contributed by atoms with Crippen LogP contribution in [0.4, 0.5) is 0 Å². The van der Waals surface area contributed by atoms with Crippen molar-refractivity contribution in [1.82, 2.24) is 9.55 Å². The molecule has 0 saturated heterocycles. The Labute approximate surface area is 148 Å². The molecule has 3 aromatic rings. The first kappa shape index (κ1) is 16.8. The molecule has 2 heterocycles. The molecule has 1 aromatic carbocycles. The number of aldehydes is 1. The molecule has 0 spiro atoms. The third-order valence-electron chi connectivity index (χ3n) is 3.87. The van der Waals surface area contributed by atoms with Gasteiger partial charge in [0.25, 0.3) is 0 Å². The van der Waals surface area contributed by atoms with Crippen LogP contribution in [0.2, 0.25) is 0 Å². The predicted octanol–water partition coefficient (Wildman–Crippen LogP) is 4.06. The minimum atomic E-state index is -0.0643. The summed E-state index contributed by atoms with van der Waals surface area (Å²) < 4.78 is 1.89. The van der Waals surface area contributed by atoms with Crippen LogP contribution >= 0.6 is 23.5 Å². The van der Waals surface area contributed by atoms with E-state index in [1.165, 1.54) is 23.5 Å². The Morgan fingerprint density at radius 3 is 2.33 bits per heavy atom.